The number of fused-ring (bicyclic) bond motifs is 5. The van der Waals surface area contributed by atoms with Crippen LogP contribution < -0.4 is 17.0 Å². The first kappa shape index (κ1) is 31.1. The van der Waals surface area contributed by atoms with Crippen LogP contribution in [0, 0.1) is 0 Å². The van der Waals surface area contributed by atoms with Gasteiger partial charge in [-0.3, -0.25) is 27.9 Å². The topological polar surface area (TPSA) is 279 Å². The predicted octanol–water partition coefficient (Wildman–Crippen LogP) is -0.683. The van der Waals surface area contributed by atoms with Crippen LogP contribution in [-0.2, 0) is 43.9 Å². The number of imidazole rings is 1. The van der Waals surface area contributed by atoms with E-state index in [4.69, 9.17) is 50.8 Å². The highest BCUT2D eigenvalue weighted by Crippen LogP contribution is 2.58. The van der Waals surface area contributed by atoms with E-state index in [1.54, 1.807) is 0 Å². The Kier molecular flexibility index (Phi) is 7.80. The molecule has 7 heterocycles. The number of aliphatic hydroxyl groups excluding tert-OH is 2. The van der Waals surface area contributed by atoms with E-state index in [2.05, 4.69) is 37.2 Å². The Balaban J connectivity index is 1.21. The first-order chi connectivity index (χ1) is 21.3. The lowest BCUT2D eigenvalue weighted by molar-refractivity contribution is -0.0593. The summed E-state index contributed by atoms with van der Waals surface area (Å²) in [5, 5.41) is 22.6. The molecule has 3 fully saturated rings. The Hall–Kier alpha value is -2.56. The maximum atomic E-state index is 13.4. The molecule has 3 aliphatic heterocycles. The summed E-state index contributed by atoms with van der Waals surface area (Å²) >= 11 is 9.33. The van der Waals surface area contributed by atoms with Crippen LogP contribution in [0.5, 0.6) is 0 Å². The fourth-order valence-electron chi connectivity index (χ4n) is 5.43. The lowest BCUT2D eigenvalue weighted by Crippen LogP contribution is -2.36. The monoisotopic (exact) mass is 705 g/mol. The number of nitrogen functional groups attached to an aromatic ring is 2. The van der Waals surface area contributed by atoms with E-state index in [-0.39, 0.29) is 34.0 Å². The molecule has 0 radical (unpaired) electrons. The molecular weight excluding hydrogens is 680 g/mol. The van der Waals surface area contributed by atoms with E-state index in [1.165, 1.54) is 34.1 Å². The van der Waals surface area contributed by atoms with Crippen molar-refractivity contribution in [1.29, 1.82) is 0 Å². The minimum absolute atomic E-state index is 0.0846. The number of nitrogens with two attached hydrogens (primary N) is 2. The number of anilines is 2. The lowest BCUT2D eigenvalue weighted by atomic mass is 10.1. The van der Waals surface area contributed by atoms with E-state index >= 15 is 0 Å². The van der Waals surface area contributed by atoms with Crippen LogP contribution in [0.15, 0.2) is 29.7 Å². The summed E-state index contributed by atoms with van der Waals surface area (Å²) in [5.74, 6) is -0.0865. The zero-order valence-corrected chi connectivity index (χ0v) is 26.0. The van der Waals surface area contributed by atoms with Crippen molar-refractivity contribution in [1.82, 2.24) is 34.1 Å². The van der Waals surface area contributed by atoms with Gasteiger partial charge in [0.15, 0.2) is 29.6 Å². The van der Waals surface area contributed by atoms with E-state index in [0.717, 1.165) is 0 Å². The third-order valence-corrected chi connectivity index (χ3v) is 10.6. The molecule has 20 nitrogen and oxygen atoms in total. The molecule has 8 N–H and O–H groups in total. The van der Waals surface area contributed by atoms with E-state index in [1.807, 2.05) is 0 Å². The molecule has 0 amide bonds. The van der Waals surface area contributed by atoms with Crippen molar-refractivity contribution in [2.75, 3.05) is 24.7 Å². The summed E-state index contributed by atoms with van der Waals surface area (Å²) in [6.07, 6.45) is -6.82. The van der Waals surface area contributed by atoms with Crippen molar-refractivity contribution in [3.63, 3.8) is 0 Å². The lowest BCUT2D eigenvalue weighted by Gasteiger charge is -2.27. The maximum Gasteiger partial charge on any atom is 0.386 e. The van der Waals surface area contributed by atoms with Crippen molar-refractivity contribution >= 4 is 71.5 Å². The molecule has 0 aromatic carbocycles. The molecule has 0 saturated carbocycles. The van der Waals surface area contributed by atoms with Gasteiger partial charge in [-0.25, -0.2) is 19.5 Å². The van der Waals surface area contributed by atoms with Crippen LogP contribution in [0.2, 0.25) is 0 Å². The number of thiol groups is 1. The number of H-pyrrole nitrogens is 1. The molecule has 24 heteroatoms. The number of ether oxygens (including phenoxy) is 2. The number of nitrogens with one attached hydrogen (secondary N) is 1. The Morgan fingerprint density at radius 3 is 2.56 bits per heavy atom. The third-order valence-electron chi connectivity index (χ3n) is 7.47. The van der Waals surface area contributed by atoms with E-state index in [9.17, 15) is 24.5 Å². The number of aromatic amines is 1. The van der Waals surface area contributed by atoms with Gasteiger partial charge in [-0.05, 0) is 17.9 Å². The fourth-order valence-corrected chi connectivity index (χ4v) is 8.34. The molecule has 3 aliphatic rings. The SMILES string of the molecule is Nc1nc2c(ccn2[C@@H]2O[C@@H]3COP(=O)(S)OC4[C@@H](COP(O)(=S)OC2[C@H]3O)O[C@@H](n2cnc3c(N)ncnc32)[C@H]4O)c(=O)[nH]1. The van der Waals surface area contributed by atoms with Gasteiger partial charge in [-0.15, -0.1) is 0 Å². The molecule has 242 valence electrons. The van der Waals surface area contributed by atoms with Crippen LogP contribution in [0.25, 0.3) is 22.2 Å². The van der Waals surface area contributed by atoms with Gasteiger partial charge in [0.05, 0.1) is 24.9 Å². The van der Waals surface area contributed by atoms with Crippen LogP contribution in [0.3, 0.4) is 0 Å². The molecule has 45 heavy (non-hydrogen) atoms. The average Bonchev–Trinajstić information content (AvgIpc) is 3.72. The minimum Gasteiger partial charge on any atom is -0.387 e. The summed E-state index contributed by atoms with van der Waals surface area (Å²) < 4.78 is 50.6. The number of rotatable bonds is 2. The zero-order valence-electron chi connectivity index (χ0n) is 22.5. The van der Waals surface area contributed by atoms with Gasteiger partial charge in [0.25, 0.3) is 5.56 Å². The molecule has 4 aromatic heterocycles. The van der Waals surface area contributed by atoms with E-state index < -0.39 is 81.4 Å². The van der Waals surface area contributed by atoms with Crippen LogP contribution in [0.1, 0.15) is 12.5 Å². The normalized spacial score (nSPS) is 37.7. The van der Waals surface area contributed by atoms with Crippen LogP contribution in [0.4, 0.5) is 11.8 Å². The summed E-state index contributed by atoms with van der Waals surface area (Å²) in [5.41, 5.74) is 11.6. The van der Waals surface area contributed by atoms with Crippen molar-refractivity contribution < 1.29 is 47.2 Å². The highest BCUT2D eigenvalue weighted by Gasteiger charge is 2.52. The predicted molar refractivity (Wildman–Crippen MR) is 159 cm³/mol. The number of aromatic nitrogens is 7. The van der Waals surface area contributed by atoms with Crippen molar-refractivity contribution in [3.8, 4) is 0 Å². The Morgan fingerprint density at radius 1 is 1.00 bits per heavy atom. The van der Waals surface area contributed by atoms with Crippen molar-refractivity contribution in [3.05, 3.63) is 35.3 Å². The fraction of sp³-hybridized carbons (Fsp3) is 0.476. The van der Waals surface area contributed by atoms with Gasteiger partial charge in [0.1, 0.15) is 48.5 Å². The second-order valence-corrected chi connectivity index (χ2v) is 15.9. The molecule has 4 aromatic rings. The van der Waals surface area contributed by atoms with Crippen LogP contribution in [-0.4, -0.2) is 99.0 Å². The molecule has 3 saturated heterocycles. The van der Waals surface area contributed by atoms with Gasteiger partial charge >= 0.3 is 13.5 Å². The number of nitrogens with zero attached hydrogens (tertiary/aromatic N) is 6. The Labute approximate surface area is 261 Å². The molecule has 7 rings (SSSR count). The molecule has 4 unspecified atom stereocenters. The summed E-state index contributed by atoms with van der Waals surface area (Å²) in [7, 11) is 0. The smallest absolute Gasteiger partial charge is 0.386 e. The first-order valence-electron chi connectivity index (χ1n) is 13.1. The zero-order chi connectivity index (χ0) is 31.8. The second-order valence-electron chi connectivity index (χ2n) is 10.3. The third kappa shape index (κ3) is 5.58. The van der Waals surface area contributed by atoms with Gasteiger partial charge < -0.3 is 45.1 Å². The second kappa shape index (κ2) is 11.3. The van der Waals surface area contributed by atoms with Gasteiger partial charge in [0, 0.05) is 6.20 Å². The number of hydrogen-bond acceptors (Lipinski definition) is 17. The average molecular weight is 706 g/mol. The quantitative estimate of drug-likeness (QED) is 0.100. The molecular formula is C21H25N9O11P2S2. The van der Waals surface area contributed by atoms with Crippen molar-refractivity contribution in [2.45, 2.75) is 49.1 Å². The summed E-state index contributed by atoms with van der Waals surface area (Å²) in [6, 6.07) is 1.44. The molecule has 2 bridgehead atoms. The highest BCUT2D eigenvalue weighted by atomic mass is 32.7. The molecule has 10 atom stereocenters. The number of aliphatic hydroxyl groups is 2. The Bertz CT molecular complexity index is 1940. The first-order valence-corrected chi connectivity index (χ1v) is 18.4. The largest absolute Gasteiger partial charge is 0.387 e. The molecule has 0 spiro atoms. The van der Waals surface area contributed by atoms with Crippen LogP contribution >= 0.6 is 25.8 Å². The van der Waals surface area contributed by atoms with Crippen molar-refractivity contribution in [2.24, 2.45) is 0 Å². The summed E-state index contributed by atoms with van der Waals surface area (Å²) in [4.78, 5) is 42.2. The number of hydrogen-bond donors (Lipinski definition) is 7. The van der Waals surface area contributed by atoms with Gasteiger partial charge in [-0.1, -0.05) is 12.2 Å². The van der Waals surface area contributed by atoms with E-state index in [0.29, 0.717) is 0 Å². The standard InChI is InChI=1S/C21H25N9O11P2S2/c22-15-10-17(25-5-24-15)30(6-26-10)19-12(32)13-9(39-19)4-37-43(35,45)41-14-11(31)8(3-36-42(34,44)40-13)38-20(14)29-2-1-7-16(29)27-21(23)28-18(7)33/h1-2,5-6,8-9,11-14,19-20,31-32H,3-4H2,(H,34,44)(H,35,45)(H2,22,24,25)(H3,23,27,28,33)/t8-,9-,11+,12+,13?,14?,19-,20-,42?,43?/m1/s1. The van der Waals surface area contributed by atoms with Gasteiger partial charge in [-0.2, -0.15) is 4.98 Å². The highest BCUT2D eigenvalue weighted by molar-refractivity contribution is 8.44. The summed E-state index contributed by atoms with van der Waals surface area (Å²) in [6.45, 7) is -9.62. The Morgan fingerprint density at radius 2 is 1.76 bits per heavy atom. The minimum atomic E-state index is -4.31. The maximum absolute atomic E-state index is 13.4. The molecule has 0 aliphatic carbocycles. The van der Waals surface area contributed by atoms with Gasteiger partial charge in [0.2, 0.25) is 5.95 Å².